The van der Waals surface area contributed by atoms with Gasteiger partial charge in [0, 0.05) is 0 Å². The second-order valence-corrected chi connectivity index (χ2v) is 2.43. The van der Waals surface area contributed by atoms with Crippen molar-refractivity contribution in [3.05, 3.63) is 35.9 Å². The van der Waals surface area contributed by atoms with Gasteiger partial charge in [-0.3, -0.25) is 0 Å². The molecule has 0 saturated carbocycles. The van der Waals surface area contributed by atoms with Crippen LogP contribution in [0.15, 0.2) is 30.3 Å². The maximum atomic E-state index is 12.4. The van der Waals surface area contributed by atoms with Crippen LogP contribution in [0.1, 0.15) is 18.5 Å². The van der Waals surface area contributed by atoms with Gasteiger partial charge in [0.05, 0.1) is 6.04 Å². The molecule has 1 unspecified atom stereocenters. The molecule has 0 saturated heterocycles. The Hall–Kier alpha value is -0.930. The largest absolute Gasteiger partial charge is 0.240 e. The van der Waals surface area contributed by atoms with Gasteiger partial charge in [-0.15, -0.1) is 4.48 Å². The Kier molecular flexibility index (Phi) is 2.57. The van der Waals surface area contributed by atoms with Crippen molar-refractivity contribution in [2.75, 3.05) is 0 Å². The molecule has 0 fully saturated rings. The van der Waals surface area contributed by atoms with E-state index in [-0.39, 0.29) is 11.3 Å². The summed E-state index contributed by atoms with van der Waals surface area (Å²) in [6.45, 7) is 1.70. The lowest BCUT2D eigenvalue weighted by molar-refractivity contribution is -0.0177. The van der Waals surface area contributed by atoms with Crippen molar-refractivity contribution in [2.45, 2.75) is 13.0 Å². The Morgan fingerprint density at radius 1 is 1.36 bits per heavy atom. The van der Waals surface area contributed by atoms with Gasteiger partial charge in [-0.05, 0) is 12.5 Å². The quantitative estimate of drug-likeness (QED) is 0.400. The summed E-state index contributed by atoms with van der Waals surface area (Å²) in [5, 5.41) is 0.204. The van der Waals surface area contributed by atoms with Crippen LogP contribution in [0.5, 0.6) is 0 Å². The third-order valence-electron chi connectivity index (χ3n) is 1.65. The van der Waals surface area contributed by atoms with Gasteiger partial charge < -0.3 is 0 Å². The standard InChI is InChI=1S/C8H11FN2/c1-7(11(9)10)8-5-3-2-4-6-8/h2-7H,10H2,1H3. The van der Waals surface area contributed by atoms with Gasteiger partial charge >= 0.3 is 0 Å². The molecule has 0 spiro atoms. The van der Waals surface area contributed by atoms with Gasteiger partial charge in [0.2, 0.25) is 0 Å². The van der Waals surface area contributed by atoms with E-state index in [0.29, 0.717) is 0 Å². The molecule has 0 aliphatic heterocycles. The summed E-state index contributed by atoms with van der Waals surface area (Å²) in [6.07, 6.45) is 0. The van der Waals surface area contributed by atoms with E-state index in [1.165, 1.54) is 0 Å². The summed E-state index contributed by atoms with van der Waals surface area (Å²) in [4.78, 5) is 0. The lowest BCUT2D eigenvalue weighted by Gasteiger charge is -2.14. The molecule has 0 aliphatic carbocycles. The Labute approximate surface area is 65.3 Å². The molecule has 11 heavy (non-hydrogen) atoms. The monoisotopic (exact) mass is 154 g/mol. The number of hydrazine groups is 1. The summed E-state index contributed by atoms with van der Waals surface area (Å²) in [5.41, 5.74) is 0.873. The zero-order valence-electron chi connectivity index (χ0n) is 6.37. The second kappa shape index (κ2) is 3.46. The van der Waals surface area contributed by atoms with E-state index in [4.69, 9.17) is 5.84 Å². The molecular weight excluding hydrogens is 143 g/mol. The number of hydrogen-bond acceptors (Lipinski definition) is 2. The highest BCUT2D eigenvalue weighted by Crippen LogP contribution is 2.15. The molecule has 2 N–H and O–H groups in total. The number of halogens is 1. The van der Waals surface area contributed by atoms with E-state index in [1.807, 2.05) is 30.3 Å². The van der Waals surface area contributed by atoms with Crippen LogP contribution in [-0.2, 0) is 0 Å². The highest BCUT2D eigenvalue weighted by atomic mass is 19.2. The van der Waals surface area contributed by atoms with Crippen molar-refractivity contribution in [2.24, 2.45) is 5.84 Å². The van der Waals surface area contributed by atoms with E-state index in [9.17, 15) is 4.48 Å². The Balaban J connectivity index is 2.77. The summed E-state index contributed by atoms with van der Waals surface area (Å²) >= 11 is 0. The maximum absolute atomic E-state index is 12.4. The van der Waals surface area contributed by atoms with E-state index in [2.05, 4.69) is 0 Å². The minimum Gasteiger partial charge on any atom is -0.240 e. The fourth-order valence-corrected chi connectivity index (χ4v) is 0.874. The second-order valence-electron chi connectivity index (χ2n) is 2.43. The molecule has 3 heteroatoms. The van der Waals surface area contributed by atoms with Crippen molar-refractivity contribution in [3.8, 4) is 0 Å². The fraction of sp³-hybridized carbons (Fsp3) is 0.250. The average molecular weight is 154 g/mol. The van der Waals surface area contributed by atoms with E-state index in [1.54, 1.807) is 6.92 Å². The van der Waals surface area contributed by atoms with Gasteiger partial charge in [0.25, 0.3) is 0 Å². The smallest absolute Gasteiger partial charge is 0.0782 e. The van der Waals surface area contributed by atoms with Crippen molar-refractivity contribution >= 4 is 0 Å². The van der Waals surface area contributed by atoms with E-state index >= 15 is 0 Å². The molecular formula is C8H11FN2. The minimum atomic E-state index is -0.379. The third-order valence-corrected chi connectivity index (χ3v) is 1.65. The SMILES string of the molecule is CC(c1ccccc1)N(N)F. The van der Waals surface area contributed by atoms with Crippen LogP contribution in [0.4, 0.5) is 4.48 Å². The molecule has 0 aromatic heterocycles. The predicted molar refractivity (Wildman–Crippen MR) is 42.0 cm³/mol. The Morgan fingerprint density at radius 2 is 1.91 bits per heavy atom. The summed E-state index contributed by atoms with van der Waals surface area (Å²) < 4.78 is 12.4. The van der Waals surface area contributed by atoms with Crippen LogP contribution in [0, 0.1) is 0 Å². The highest BCUT2D eigenvalue weighted by Gasteiger charge is 2.09. The molecule has 1 rings (SSSR count). The first kappa shape index (κ1) is 8.17. The zero-order chi connectivity index (χ0) is 8.27. The van der Waals surface area contributed by atoms with Gasteiger partial charge in [-0.25, -0.2) is 5.84 Å². The molecule has 60 valence electrons. The van der Waals surface area contributed by atoms with Crippen LogP contribution in [-0.4, -0.2) is 5.23 Å². The molecule has 1 aromatic rings. The molecule has 0 heterocycles. The third kappa shape index (κ3) is 2.00. The van der Waals surface area contributed by atoms with Crippen LogP contribution in [0.2, 0.25) is 0 Å². The maximum Gasteiger partial charge on any atom is 0.0782 e. The van der Waals surface area contributed by atoms with Gasteiger partial charge in [0.15, 0.2) is 0 Å². The number of benzene rings is 1. The van der Waals surface area contributed by atoms with Gasteiger partial charge in [-0.2, -0.15) is 0 Å². The summed E-state index contributed by atoms with van der Waals surface area (Å²) in [6, 6.07) is 8.89. The van der Waals surface area contributed by atoms with Crippen molar-refractivity contribution in [1.29, 1.82) is 0 Å². The highest BCUT2D eigenvalue weighted by molar-refractivity contribution is 5.17. The molecule has 0 bridgehead atoms. The molecule has 0 aliphatic rings. The predicted octanol–water partition coefficient (Wildman–Crippen LogP) is 1.81. The average Bonchev–Trinajstić information content (AvgIpc) is 2.05. The first-order valence-electron chi connectivity index (χ1n) is 3.46. The van der Waals surface area contributed by atoms with Gasteiger partial charge in [0.1, 0.15) is 0 Å². The van der Waals surface area contributed by atoms with Crippen LogP contribution < -0.4 is 5.84 Å². The topological polar surface area (TPSA) is 29.3 Å². The lowest BCUT2D eigenvalue weighted by Crippen LogP contribution is -2.24. The molecule has 0 amide bonds. The van der Waals surface area contributed by atoms with Crippen LogP contribution in [0.3, 0.4) is 0 Å². The van der Waals surface area contributed by atoms with Gasteiger partial charge in [-0.1, -0.05) is 35.6 Å². The Bertz CT molecular complexity index is 211. The van der Waals surface area contributed by atoms with E-state index in [0.717, 1.165) is 5.56 Å². The minimum absolute atomic E-state index is 0.204. The van der Waals surface area contributed by atoms with Crippen LogP contribution in [0.25, 0.3) is 0 Å². The van der Waals surface area contributed by atoms with Crippen LogP contribution >= 0.6 is 0 Å². The first-order chi connectivity index (χ1) is 5.22. The summed E-state index contributed by atoms with van der Waals surface area (Å²) in [5.74, 6) is 4.93. The van der Waals surface area contributed by atoms with Crippen molar-refractivity contribution < 1.29 is 4.48 Å². The summed E-state index contributed by atoms with van der Waals surface area (Å²) in [7, 11) is 0. The lowest BCUT2D eigenvalue weighted by atomic mass is 10.1. The molecule has 0 radical (unpaired) electrons. The normalized spacial score (nSPS) is 13.5. The Morgan fingerprint density at radius 3 is 2.36 bits per heavy atom. The first-order valence-corrected chi connectivity index (χ1v) is 3.46. The fourth-order valence-electron chi connectivity index (χ4n) is 0.874. The number of nitrogens with two attached hydrogens (primary N) is 1. The number of hydrogen-bond donors (Lipinski definition) is 1. The van der Waals surface area contributed by atoms with Crippen molar-refractivity contribution in [1.82, 2.24) is 5.23 Å². The zero-order valence-corrected chi connectivity index (χ0v) is 6.37. The van der Waals surface area contributed by atoms with E-state index < -0.39 is 0 Å². The van der Waals surface area contributed by atoms with Crippen molar-refractivity contribution in [3.63, 3.8) is 0 Å². The number of rotatable bonds is 2. The molecule has 1 aromatic carbocycles. The molecule has 1 atom stereocenters. The molecule has 2 nitrogen and oxygen atoms in total. The number of nitrogens with zero attached hydrogens (tertiary/aromatic N) is 1.